The van der Waals surface area contributed by atoms with Crippen molar-refractivity contribution in [2.24, 2.45) is 5.92 Å². The number of rotatable bonds is 5. The Morgan fingerprint density at radius 3 is 1.86 bits per heavy atom. The van der Waals surface area contributed by atoms with Crippen molar-refractivity contribution in [1.29, 1.82) is 5.26 Å². The van der Waals surface area contributed by atoms with E-state index in [9.17, 15) is 44.4 Å². The van der Waals surface area contributed by atoms with Crippen LogP contribution in [0, 0.1) is 17.2 Å². The molecular weight excluding hydrogens is 423 g/mol. The molecule has 1 spiro atoms. The maximum Gasteiger partial charge on any atom is 0.431 e. The zero-order chi connectivity index (χ0) is 21.4. The van der Waals surface area contributed by atoms with Crippen molar-refractivity contribution in [2.45, 2.75) is 61.2 Å². The highest BCUT2D eigenvalue weighted by Gasteiger charge is 2.72. The molecule has 1 aliphatic heterocycles. The standard InChI is InChI=1S/C15H18F7NO4S/c16-13(14(17,18)19,15(20,21)22)5-8-28(24,25)11(9-23)10-1-3-12(4-2-10)26-6-7-27-12/h10-11H,1-8H2. The lowest BCUT2D eigenvalue weighted by atomic mass is 9.83. The van der Waals surface area contributed by atoms with Crippen LogP contribution in [0.3, 0.4) is 0 Å². The zero-order valence-electron chi connectivity index (χ0n) is 14.4. The first-order valence-electron chi connectivity index (χ1n) is 8.39. The lowest BCUT2D eigenvalue weighted by Gasteiger charge is -2.36. The molecule has 13 heteroatoms. The van der Waals surface area contributed by atoms with Crippen molar-refractivity contribution in [3.05, 3.63) is 0 Å². The van der Waals surface area contributed by atoms with E-state index in [0.29, 0.717) is 13.2 Å². The van der Waals surface area contributed by atoms with Crippen LogP contribution < -0.4 is 0 Å². The Bertz CT molecular complexity index is 683. The van der Waals surface area contributed by atoms with E-state index in [2.05, 4.69) is 0 Å². The molecule has 0 amide bonds. The average molecular weight is 441 g/mol. The Labute approximate surface area is 156 Å². The van der Waals surface area contributed by atoms with Gasteiger partial charge in [0, 0.05) is 19.3 Å². The molecule has 28 heavy (non-hydrogen) atoms. The molecule has 2 fully saturated rings. The first kappa shape index (κ1) is 23.2. The lowest BCUT2D eigenvalue weighted by Crippen LogP contribution is -2.54. The summed E-state index contributed by atoms with van der Waals surface area (Å²) in [4.78, 5) is 0. The molecule has 1 unspecified atom stereocenters. The fourth-order valence-electron chi connectivity index (χ4n) is 3.50. The molecule has 2 aliphatic rings. The monoisotopic (exact) mass is 441 g/mol. The molecule has 0 radical (unpaired) electrons. The fourth-order valence-corrected chi connectivity index (χ4v) is 5.34. The number of alkyl halides is 7. The molecule has 2 rings (SSSR count). The summed E-state index contributed by atoms with van der Waals surface area (Å²) in [5, 5.41) is 7.35. The van der Waals surface area contributed by atoms with Crippen LogP contribution in [-0.2, 0) is 19.3 Å². The largest absolute Gasteiger partial charge is 0.431 e. The van der Waals surface area contributed by atoms with Gasteiger partial charge in [-0.1, -0.05) is 0 Å². The van der Waals surface area contributed by atoms with Crippen molar-refractivity contribution >= 4 is 9.84 Å². The van der Waals surface area contributed by atoms with Gasteiger partial charge in [-0.15, -0.1) is 0 Å². The van der Waals surface area contributed by atoms with Crippen LogP contribution >= 0.6 is 0 Å². The molecule has 0 bridgehead atoms. The Morgan fingerprint density at radius 2 is 1.46 bits per heavy atom. The third-order valence-electron chi connectivity index (χ3n) is 5.18. The number of sulfone groups is 1. The molecule has 1 aliphatic carbocycles. The SMILES string of the molecule is N#CC(C1CCC2(CC1)OCCO2)S(=O)(=O)CCC(F)(C(F)(F)F)C(F)(F)F. The number of hydrogen-bond acceptors (Lipinski definition) is 5. The molecule has 0 aromatic heterocycles. The minimum atomic E-state index is -6.34. The van der Waals surface area contributed by atoms with E-state index in [1.165, 1.54) is 6.07 Å². The summed E-state index contributed by atoms with van der Waals surface area (Å²) in [7, 11) is -4.74. The van der Waals surface area contributed by atoms with Gasteiger partial charge < -0.3 is 9.47 Å². The molecule has 1 heterocycles. The van der Waals surface area contributed by atoms with E-state index in [4.69, 9.17) is 9.47 Å². The quantitative estimate of drug-likeness (QED) is 0.611. The maximum absolute atomic E-state index is 13.7. The molecule has 1 atom stereocenters. The van der Waals surface area contributed by atoms with E-state index in [1.807, 2.05) is 0 Å². The van der Waals surface area contributed by atoms with Crippen molar-refractivity contribution < 1.29 is 48.6 Å². The Kier molecular flexibility index (Phi) is 6.29. The fraction of sp³-hybridized carbons (Fsp3) is 0.933. The summed E-state index contributed by atoms with van der Waals surface area (Å²) in [6, 6.07) is 1.45. The van der Waals surface area contributed by atoms with Gasteiger partial charge >= 0.3 is 12.4 Å². The molecule has 1 saturated carbocycles. The number of ether oxygens (including phenoxy) is 2. The Morgan fingerprint density at radius 1 is 1.00 bits per heavy atom. The summed E-state index contributed by atoms with van der Waals surface area (Å²) < 4.78 is 125. The van der Waals surface area contributed by atoms with Gasteiger partial charge in [0.1, 0.15) is 0 Å². The van der Waals surface area contributed by atoms with Gasteiger partial charge in [-0.05, 0) is 18.8 Å². The number of nitriles is 1. The van der Waals surface area contributed by atoms with Gasteiger partial charge in [-0.25, -0.2) is 12.8 Å². The highest BCUT2D eigenvalue weighted by atomic mass is 32.2. The lowest BCUT2D eigenvalue weighted by molar-refractivity contribution is -0.341. The summed E-state index contributed by atoms with van der Waals surface area (Å²) in [6.45, 7) is 0.691. The second kappa shape index (κ2) is 7.60. The van der Waals surface area contributed by atoms with Crippen molar-refractivity contribution in [3.63, 3.8) is 0 Å². The van der Waals surface area contributed by atoms with Crippen LogP contribution in [0.15, 0.2) is 0 Å². The van der Waals surface area contributed by atoms with E-state index in [0.717, 1.165) is 0 Å². The smallest absolute Gasteiger partial charge is 0.348 e. The van der Waals surface area contributed by atoms with Crippen molar-refractivity contribution in [1.82, 2.24) is 0 Å². The normalized spacial score (nSPS) is 22.9. The van der Waals surface area contributed by atoms with Crippen LogP contribution in [-0.4, -0.2) is 56.4 Å². The molecule has 162 valence electrons. The second-order valence-electron chi connectivity index (χ2n) is 6.91. The molecule has 1 saturated heterocycles. The minimum absolute atomic E-state index is 0.122. The van der Waals surface area contributed by atoms with Crippen LogP contribution in [0.2, 0.25) is 0 Å². The Balaban J connectivity index is 2.11. The van der Waals surface area contributed by atoms with E-state index in [-0.39, 0.29) is 25.7 Å². The second-order valence-corrected chi connectivity index (χ2v) is 9.15. The first-order valence-corrected chi connectivity index (χ1v) is 10.1. The van der Waals surface area contributed by atoms with Crippen LogP contribution in [0.5, 0.6) is 0 Å². The molecule has 0 aromatic rings. The average Bonchev–Trinajstić information content (AvgIpc) is 3.01. The predicted octanol–water partition coefficient (Wildman–Crippen LogP) is 3.45. The van der Waals surface area contributed by atoms with Crippen LogP contribution in [0.25, 0.3) is 0 Å². The van der Waals surface area contributed by atoms with Crippen molar-refractivity contribution in [3.8, 4) is 6.07 Å². The molecule has 0 aromatic carbocycles. The number of hydrogen-bond donors (Lipinski definition) is 0. The van der Waals surface area contributed by atoms with E-state index >= 15 is 0 Å². The number of nitrogens with zero attached hydrogens (tertiary/aromatic N) is 1. The Hall–Kier alpha value is -1.13. The third-order valence-corrected chi connectivity index (χ3v) is 7.21. The topological polar surface area (TPSA) is 76.4 Å². The molecular formula is C15H18F7NO4S. The predicted molar refractivity (Wildman–Crippen MR) is 80.3 cm³/mol. The van der Waals surface area contributed by atoms with Crippen LogP contribution in [0.4, 0.5) is 30.7 Å². The van der Waals surface area contributed by atoms with Gasteiger partial charge in [0.05, 0.1) is 25.0 Å². The highest BCUT2D eigenvalue weighted by molar-refractivity contribution is 7.92. The van der Waals surface area contributed by atoms with E-state index < -0.39 is 57.0 Å². The number of halogens is 7. The van der Waals surface area contributed by atoms with Crippen molar-refractivity contribution in [2.75, 3.05) is 19.0 Å². The maximum atomic E-state index is 13.7. The van der Waals surface area contributed by atoms with Crippen LogP contribution in [0.1, 0.15) is 32.1 Å². The van der Waals surface area contributed by atoms with E-state index in [1.54, 1.807) is 0 Å². The van der Waals surface area contributed by atoms with Gasteiger partial charge in [-0.3, -0.25) is 0 Å². The zero-order valence-corrected chi connectivity index (χ0v) is 15.3. The van der Waals surface area contributed by atoms with Gasteiger partial charge in [0.15, 0.2) is 20.9 Å². The third kappa shape index (κ3) is 4.38. The summed E-state index contributed by atoms with van der Waals surface area (Å²) in [5.41, 5.74) is -5.67. The first-order chi connectivity index (χ1) is 12.7. The van der Waals surface area contributed by atoms with Gasteiger partial charge in [0.25, 0.3) is 5.67 Å². The minimum Gasteiger partial charge on any atom is -0.348 e. The highest BCUT2D eigenvalue weighted by Crippen LogP contribution is 2.49. The summed E-state index contributed by atoms with van der Waals surface area (Å²) in [5.74, 6) is -3.46. The molecule has 5 nitrogen and oxygen atoms in total. The molecule has 0 N–H and O–H groups in total. The summed E-state index contributed by atoms with van der Waals surface area (Å²) >= 11 is 0. The van der Waals surface area contributed by atoms with Gasteiger partial charge in [-0.2, -0.15) is 31.6 Å². The van der Waals surface area contributed by atoms with Gasteiger partial charge in [0.2, 0.25) is 0 Å². The summed E-state index contributed by atoms with van der Waals surface area (Å²) in [6.07, 6.45) is -14.3.